The number of hydrogen-bond acceptors (Lipinski definition) is 2. The van der Waals surface area contributed by atoms with Gasteiger partial charge in [-0.1, -0.05) is 25.2 Å². The Kier molecular flexibility index (Phi) is 2.68. The van der Waals surface area contributed by atoms with E-state index in [4.69, 9.17) is 4.42 Å². The van der Waals surface area contributed by atoms with Crippen LogP contribution in [0.3, 0.4) is 0 Å². The van der Waals surface area contributed by atoms with Crippen LogP contribution in [-0.2, 0) is 0 Å². The Morgan fingerprint density at radius 3 is 2.87 bits per heavy atom. The van der Waals surface area contributed by atoms with Gasteiger partial charge in [-0.15, -0.1) is 0 Å². The first-order valence-electron chi connectivity index (χ1n) is 4.98. The summed E-state index contributed by atoms with van der Waals surface area (Å²) in [5, 5.41) is 0.618. The Labute approximate surface area is 87.6 Å². The topological polar surface area (TPSA) is 30.2 Å². The van der Waals surface area contributed by atoms with Gasteiger partial charge in [-0.05, 0) is 24.1 Å². The van der Waals surface area contributed by atoms with Crippen molar-refractivity contribution in [1.29, 1.82) is 0 Å². The Bertz CT molecular complexity index is 586. The van der Waals surface area contributed by atoms with Gasteiger partial charge in [0, 0.05) is 6.07 Å². The van der Waals surface area contributed by atoms with Crippen LogP contribution in [0.5, 0.6) is 0 Å². The Hall–Kier alpha value is -1.83. The van der Waals surface area contributed by atoms with Crippen molar-refractivity contribution in [3.05, 3.63) is 57.0 Å². The molecule has 1 aromatic heterocycles. The fourth-order valence-electron chi connectivity index (χ4n) is 1.49. The molecule has 2 rings (SSSR count). The molecule has 2 heteroatoms. The lowest BCUT2D eigenvalue weighted by Gasteiger charge is -1.96. The van der Waals surface area contributed by atoms with Gasteiger partial charge in [0.25, 0.3) is 0 Å². The highest BCUT2D eigenvalue weighted by atomic mass is 16.3. The second kappa shape index (κ2) is 4.13. The van der Waals surface area contributed by atoms with E-state index in [1.807, 2.05) is 24.3 Å². The summed E-state index contributed by atoms with van der Waals surface area (Å²) >= 11 is 0. The van der Waals surface area contributed by atoms with Crippen LogP contribution >= 0.6 is 0 Å². The van der Waals surface area contributed by atoms with E-state index in [0.29, 0.717) is 10.6 Å². The zero-order valence-corrected chi connectivity index (χ0v) is 8.57. The van der Waals surface area contributed by atoms with Crippen molar-refractivity contribution < 1.29 is 4.42 Å². The number of fused-ring (bicyclic) bond motifs is 1. The molecule has 0 bridgehead atoms. The Morgan fingerprint density at radius 1 is 1.27 bits per heavy atom. The van der Waals surface area contributed by atoms with Gasteiger partial charge in [0.2, 0.25) is 0 Å². The minimum Gasteiger partial charge on any atom is -0.464 e. The van der Waals surface area contributed by atoms with Gasteiger partial charge in [-0.2, -0.15) is 0 Å². The highest BCUT2D eigenvalue weighted by Crippen LogP contribution is 2.02. The van der Waals surface area contributed by atoms with Crippen LogP contribution in [0, 0.1) is 0 Å². The number of allylic oxidation sites excluding steroid dienone is 4. The van der Waals surface area contributed by atoms with Crippen LogP contribution in [0.1, 0.15) is 13.3 Å². The van der Waals surface area contributed by atoms with Crippen LogP contribution in [0.4, 0.5) is 0 Å². The predicted molar refractivity (Wildman–Crippen MR) is 60.7 cm³/mol. The quantitative estimate of drug-likeness (QED) is 0.679. The van der Waals surface area contributed by atoms with Gasteiger partial charge in [-0.25, -0.2) is 0 Å². The third kappa shape index (κ3) is 1.99. The van der Waals surface area contributed by atoms with E-state index in [1.165, 1.54) is 12.3 Å². The predicted octanol–water partition coefficient (Wildman–Crippen LogP) is 1.11. The van der Waals surface area contributed by atoms with Crippen LogP contribution < -0.4 is 16.1 Å². The van der Waals surface area contributed by atoms with E-state index in [-0.39, 0.29) is 5.43 Å². The molecule has 1 aliphatic rings. The molecule has 0 N–H and O–H groups in total. The van der Waals surface area contributed by atoms with Crippen LogP contribution in [0.15, 0.2) is 45.3 Å². The highest BCUT2D eigenvalue weighted by molar-refractivity contribution is 5.51. The summed E-state index contributed by atoms with van der Waals surface area (Å²) in [7, 11) is 0. The molecule has 76 valence electrons. The molecule has 1 aromatic rings. The fraction of sp³-hybridized carbons (Fsp3) is 0.154. The summed E-state index contributed by atoms with van der Waals surface area (Å²) in [5.74, 6) is 0. The van der Waals surface area contributed by atoms with Crippen molar-refractivity contribution in [3.8, 4) is 0 Å². The first kappa shape index (κ1) is 9.71. The second-order valence-electron chi connectivity index (χ2n) is 3.35. The molecule has 2 nitrogen and oxygen atoms in total. The Morgan fingerprint density at radius 2 is 2.07 bits per heavy atom. The molecule has 1 heterocycles. The average molecular weight is 200 g/mol. The van der Waals surface area contributed by atoms with E-state index in [2.05, 4.69) is 6.92 Å². The van der Waals surface area contributed by atoms with E-state index in [0.717, 1.165) is 12.0 Å². The van der Waals surface area contributed by atoms with Gasteiger partial charge in [-0.3, -0.25) is 4.79 Å². The maximum atomic E-state index is 11.6. The summed E-state index contributed by atoms with van der Waals surface area (Å²) in [6, 6.07) is 1.44. The smallest absolute Gasteiger partial charge is 0.192 e. The first-order valence-corrected chi connectivity index (χ1v) is 4.98. The van der Waals surface area contributed by atoms with Crippen molar-refractivity contribution in [2.24, 2.45) is 0 Å². The van der Waals surface area contributed by atoms with Crippen molar-refractivity contribution >= 4 is 12.2 Å². The van der Waals surface area contributed by atoms with Crippen LogP contribution in [-0.4, -0.2) is 0 Å². The molecule has 0 fully saturated rings. The molecule has 0 spiro atoms. The summed E-state index contributed by atoms with van der Waals surface area (Å²) in [4.78, 5) is 11.6. The Balaban J connectivity index is 2.83. The van der Waals surface area contributed by atoms with Crippen LogP contribution in [0.25, 0.3) is 12.2 Å². The maximum Gasteiger partial charge on any atom is 0.192 e. The second-order valence-corrected chi connectivity index (χ2v) is 3.35. The van der Waals surface area contributed by atoms with Gasteiger partial charge >= 0.3 is 0 Å². The number of hydrogen-bond donors (Lipinski definition) is 0. The zero-order chi connectivity index (χ0) is 10.7. The zero-order valence-electron chi connectivity index (χ0n) is 8.57. The lowest BCUT2D eigenvalue weighted by molar-refractivity contribution is 0.507. The lowest BCUT2D eigenvalue weighted by Crippen LogP contribution is -2.37. The van der Waals surface area contributed by atoms with Gasteiger partial charge in [0.15, 0.2) is 5.43 Å². The van der Waals surface area contributed by atoms with Gasteiger partial charge in [0.05, 0.1) is 11.5 Å². The number of rotatable bonds is 1. The summed E-state index contributed by atoms with van der Waals surface area (Å²) in [5.41, 5.74) is 1.78. The molecule has 0 atom stereocenters. The molecule has 15 heavy (non-hydrogen) atoms. The normalized spacial score (nSPS) is 14.1. The third-order valence-electron chi connectivity index (χ3n) is 2.35. The fourth-order valence-corrected chi connectivity index (χ4v) is 1.49. The summed E-state index contributed by atoms with van der Waals surface area (Å²) in [6.07, 6.45) is 11.9. The van der Waals surface area contributed by atoms with Crippen molar-refractivity contribution in [3.63, 3.8) is 0 Å². The molecule has 1 aliphatic carbocycles. The van der Waals surface area contributed by atoms with E-state index in [9.17, 15) is 4.79 Å². The van der Waals surface area contributed by atoms with Gasteiger partial charge in [0.1, 0.15) is 5.42 Å². The molecule has 0 saturated carbocycles. The van der Waals surface area contributed by atoms with Crippen molar-refractivity contribution in [1.82, 2.24) is 0 Å². The SMILES string of the molecule is CCC1=CC=CC=c2c(=O)ccoc2=C1. The highest BCUT2D eigenvalue weighted by Gasteiger charge is 1.96. The monoisotopic (exact) mass is 200 g/mol. The van der Waals surface area contributed by atoms with Crippen molar-refractivity contribution in [2.45, 2.75) is 13.3 Å². The summed E-state index contributed by atoms with van der Waals surface area (Å²) < 4.78 is 5.34. The molecule has 0 aromatic carbocycles. The molecular formula is C13H12O2. The molecule has 0 saturated heterocycles. The molecule has 0 amide bonds. The average Bonchev–Trinajstić information content (AvgIpc) is 2.20. The molecule has 0 radical (unpaired) electrons. The summed E-state index contributed by atoms with van der Waals surface area (Å²) in [6.45, 7) is 2.07. The lowest BCUT2D eigenvalue weighted by atomic mass is 10.1. The maximum absolute atomic E-state index is 11.6. The molecule has 0 aliphatic heterocycles. The standard InChI is InChI=1S/C13H12O2/c1-2-10-5-3-4-6-11-12(14)7-8-15-13(11)9-10/h3-9H,2H2,1H3. The third-order valence-corrected chi connectivity index (χ3v) is 2.35. The van der Waals surface area contributed by atoms with E-state index in [1.54, 1.807) is 6.08 Å². The van der Waals surface area contributed by atoms with Crippen molar-refractivity contribution in [2.75, 3.05) is 0 Å². The van der Waals surface area contributed by atoms with Crippen LogP contribution in [0.2, 0.25) is 0 Å². The minimum absolute atomic E-state index is 0.00509. The largest absolute Gasteiger partial charge is 0.464 e. The molecular weight excluding hydrogens is 188 g/mol. The van der Waals surface area contributed by atoms with E-state index >= 15 is 0 Å². The van der Waals surface area contributed by atoms with E-state index < -0.39 is 0 Å². The molecule has 0 unspecified atom stereocenters. The minimum atomic E-state index is -0.00509. The first-order chi connectivity index (χ1) is 7.31. The van der Waals surface area contributed by atoms with Gasteiger partial charge < -0.3 is 4.42 Å².